The van der Waals surface area contributed by atoms with E-state index in [9.17, 15) is 14.7 Å². The highest BCUT2D eigenvalue weighted by Gasteiger charge is 2.18. The fourth-order valence-corrected chi connectivity index (χ4v) is 4.01. The van der Waals surface area contributed by atoms with Crippen LogP contribution in [0.25, 0.3) is 0 Å². The summed E-state index contributed by atoms with van der Waals surface area (Å²) < 4.78 is 0. The van der Waals surface area contributed by atoms with Gasteiger partial charge in [-0.15, -0.1) is 0 Å². The zero-order valence-electron chi connectivity index (χ0n) is 20.0. The van der Waals surface area contributed by atoms with Gasteiger partial charge >= 0.3 is 0 Å². The first-order chi connectivity index (χ1) is 16.3. The second-order valence-corrected chi connectivity index (χ2v) is 8.64. The van der Waals surface area contributed by atoms with Gasteiger partial charge in [-0.3, -0.25) is 9.59 Å². The van der Waals surface area contributed by atoms with Crippen LogP contribution in [0.5, 0.6) is 5.75 Å². The smallest absolute Gasteiger partial charge is 0.237 e. The molecule has 5 N–H and O–H groups in total. The molecule has 6 nitrogen and oxygen atoms in total. The molecule has 0 saturated heterocycles. The molecular weight excluding hydrogens is 426 g/mol. The lowest BCUT2D eigenvalue weighted by atomic mass is 9.96. The fraction of sp³-hybridized carbons (Fsp3) is 0.286. The molecule has 178 valence electrons. The molecular formula is C28H33N3O3. The maximum absolute atomic E-state index is 12.8. The Balaban J connectivity index is 1.73. The number of hydrogen-bond donors (Lipinski definition) is 4. The van der Waals surface area contributed by atoms with Crippen LogP contribution in [0, 0.1) is 13.8 Å². The average Bonchev–Trinajstić information content (AvgIpc) is 2.81. The second-order valence-electron chi connectivity index (χ2n) is 8.64. The van der Waals surface area contributed by atoms with Crippen molar-refractivity contribution in [3.63, 3.8) is 0 Å². The summed E-state index contributed by atoms with van der Waals surface area (Å²) in [5.74, 6) is -0.153. The molecule has 3 aromatic rings. The molecule has 0 aromatic heterocycles. The summed E-state index contributed by atoms with van der Waals surface area (Å²) in [6.45, 7) is 5.84. The van der Waals surface area contributed by atoms with Crippen LogP contribution in [-0.4, -0.2) is 23.0 Å². The molecule has 1 atom stereocenters. The number of anilines is 1. The van der Waals surface area contributed by atoms with Gasteiger partial charge in [0.05, 0.1) is 6.04 Å². The number of nitrogens with two attached hydrogens (primary N) is 1. The zero-order valence-corrected chi connectivity index (χ0v) is 20.0. The predicted molar refractivity (Wildman–Crippen MR) is 136 cm³/mol. The summed E-state index contributed by atoms with van der Waals surface area (Å²) in [5, 5.41) is 15.6. The molecule has 3 rings (SSSR count). The summed E-state index contributed by atoms with van der Waals surface area (Å²) in [4.78, 5) is 24.8. The second kappa shape index (κ2) is 11.5. The third-order valence-electron chi connectivity index (χ3n) is 5.91. The number of amides is 2. The van der Waals surface area contributed by atoms with Crippen molar-refractivity contribution >= 4 is 17.5 Å². The number of hydrogen-bond acceptors (Lipinski definition) is 4. The minimum Gasteiger partial charge on any atom is -0.508 e. The van der Waals surface area contributed by atoms with Crippen LogP contribution in [0.1, 0.15) is 46.7 Å². The summed E-state index contributed by atoms with van der Waals surface area (Å²) in [6, 6.07) is 18.6. The Labute approximate surface area is 201 Å². The van der Waals surface area contributed by atoms with Crippen LogP contribution >= 0.6 is 0 Å². The molecule has 0 unspecified atom stereocenters. The number of aromatic hydroxyl groups is 1. The SMILES string of the molecule is CCC(=O)Nc1ccc(Cc2ccccc2)cc1CNC(=O)[C@@H](N)Cc1c(C)cc(O)cc1C. The molecule has 0 aliphatic heterocycles. The standard InChI is InChI=1S/C28H33N3O3/c1-4-27(33)31-26-11-10-21(14-20-8-6-5-7-9-20)15-22(26)17-30-28(34)25(29)16-24-18(2)12-23(32)13-19(24)3/h5-13,15,25,32H,4,14,16-17,29H2,1-3H3,(H,30,34)(H,31,33)/t25-/m0/s1. The highest BCUT2D eigenvalue weighted by Crippen LogP contribution is 2.23. The Morgan fingerprint density at radius 1 is 0.971 bits per heavy atom. The lowest BCUT2D eigenvalue weighted by molar-refractivity contribution is -0.122. The lowest BCUT2D eigenvalue weighted by Gasteiger charge is -2.18. The first-order valence-corrected chi connectivity index (χ1v) is 11.5. The molecule has 0 radical (unpaired) electrons. The van der Waals surface area contributed by atoms with E-state index in [0.29, 0.717) is 18.5 Å². The minimum atomic E-state index is -0.733. The summed E-state index contributed by atoms with van der Waals surface area (Å²) in [7, 11) is 0. The summed E-state index contributed by atoms with van der Waals surface area (Å²) >= 11 is 0. The van der Waals surface area contributed by atoms with Crippen molar-refractivity contribution in [1.82, 2.24) is 5.32 Å². The van der Waals surface area contributed by atoms with Crippen LogP contribution in [0.4, 0.5) is 5.69 Å². The van der Waals surface area contributed by atoms with Crippen LogP contribution in [0.2, 0.25) is 0 Å². The Bertz CT molecular complexity index is 1140. The van der Waals surface area contributed by atoms with Crippen LogP contribution in [-0.2, 0) is 29.0 Å². The third-order valence-corrected chi connectivity index (χ3v) is 5.91. The fourth-order valence-electron chi connectivity index (χ4n) is 4.01. The van der Waals surface area contributed by atoms with Gasteiger partial charge in [0.25, 0.3) is 0 Å². The van der Waals surface area contributed by atoms with Crippen molar-refractivity contribution in [2.45, 2.75) is 52.6 Å². The number of aryl methyl sites for hydroxylation is 2. The number of benzene rings is 3. The van der Waals surface area contributed by atoms with Crippen molar-refractivity contribution in [2.75, 3.05) is 5.32 Å². The van der Waals surface area contributed by atoms with Gasteiger partial charge in [0.2, 0.25) is 11.8 Å². The van der Waals surface area contributed by atoms with Crippen LogP contribution < -0.4 is 16.4 Å². The highest BCUT2D eigenvalue weighted by molar-refractivity contribution is 5.91. The lowest BCUT2D eigenvalue weighted by Crippen LogP contribution is -2.42. The first kappa shape index (κ1) is 25.0. The van der Waals surface area contributed by atoms with Crippen molar-refractivity contribution in [3.05, 3.63) is 94.0 Å². The maximum Gasteiger partial charge on any atom is 0.237 e. The topological polar surface area (TPSA) is 104 Å². The molecule has 0 aliphatic carbocycles. The van der Waals surface area contributed by atoms with Crippen LogP contribution in [0.3, 0.4) is 0 Å². The van der Waals surface area contributed by atoms with E-state index in [1.54, 1.807) is 19.1 Å². The average molecular weight is 460 g/mol. The number of phenols is 1. The van der Waals surface area contributed by atoms with Crippen molar-refractivity contribution in [3.8, 4) is 5.75 Å². The normalized spacial score (nSPS) is 11.6. The Hall–Kier alpha value is -3.64. The van der Waals surface area contributed by atoms with Gasteiger partial charge in [0, 0.05) is 18.7 Å². The van der Waals surface area contributed by atoms with Gasteiger partial charge in [-0.05, 0) is 78.3 Å². The van der Waals surface area contributed by atoms with Crippen LogP contribution in [0.15, 0.2) is 60.7 Å². The molecule has 0 aliphatic rings. The number of carbonyl (C=O) groups excluding carboxylic acids is 2. The number of carbonyl (C=O) groups is 2. The Morgan fingerprint density at radius 3 is 2.29 bits per heavy atom. The van der Waals surface area contributed by atoms with Crippen molar-refractivity contribution in [2.24, 2.45) is 5.73 Å². The number of phenolic OH excluding ortho intramolecular Hbond substituents is 1. The third kappa shape index (κ3) is 6.68. The first-order valence-electron chi connectivity index (χ1n) is 11.5. The Kier molecular flexibility index (Phi) is 8.44. The zero-order chi connectivity index (χ0) is 24.7. The van der Waals surface area contributed by atoms with Gasteiger partial charge in [0.1, 0.15) is 5.75 Å². The molecule has 0 fully saturated rings. The highest BCUT2D eigenvalue weighted by atomic mass is 16.3. The number of nitrogens with one attached hydrogen (secondary N) is 2. The van der Waals surface area contributed by atoms with Gasteiger partial charge in [-0.1, -0.05) is 49.4 Å². The molecule has 0 heterocycles. The van der Waals surface area contributed by atoms with E-state index in [4.69, 9.17) is 5.73 Å². The van der Waals surface area contributed by atoms with Gasteiger partial charge < -0.3 is 21.5 Å². The van der Waals surface area contributed by atoms with Crippen molar-refractivity contribution in [1.29, 1.82) is 0 Å². The monoisotopic (exact) mass is 459 g/mol. The van der Waals surface area contributed by atoms with Gasteiger partial charge in [0.15, 0.2) is 0 Å². The minimum absolute atomic E-state index is 0.0848. The Morgan fingerprint density at radius 2 is 1.65 bits per heavy atom. The quantitative estimate of drug-likeness (QED) is 0.386. The van der Waals surface area contributed by atoms with E-state index in [0.717, 1.165) is 34.2 Å². The van der Waals surface area contributed by atoms with Crippen molar-refractivity contribution < 1.29 is 14.7 Å². The predicted octanol–water partition coefficient (Wildman–Crippen LogP) is 4.13. The molecule has 0 spiro atoms. The van der Waals surface area contributed by atoms with E-state index in [2.05, 4.69) is 22.8 Å². The van der Waals surface area contributed by atoms with E-state index < -0.39 is 6.04 Å². The van der Waals surface area contributed by atoms with Gasteiger partial charge in [-0.25, -0.2) is 0 Å². The molecule has 34 heavy (non-hydrogen) atoms. The molecule has 0 bridgehead atoms. The largest absolute Gasteiger partial charge is 0.508 e. The number of rotatable bonds is 9. The van der Waals surface area contributed by atoms with Gasteiger partial charge in [-0.2, -0.15) is 0 Å². The maximum atomic E-state index is 12.8. The van der Waals surface area contributed by atoms with E-state index in [1.807, 2.05) is 50.2 Å². The molecule has 3 aromatic carbocycles. The molecule has 6 heteroatoms. The summed E-state index contributed by atoms with van der Waals surface area (Å²) in [6.07, 6.45) is 1.49. The summed E-state index contributed by atoms with van der Waals surface area (Å²) in [5.41, 5.74) is 12.8. The molecule has 0 saturated carbocycles. The van der Waals surface area contributed by atoms with E-state index in [-0.39, 0.29) is 24.1 Å². The van der Waals surface area contributed by atoms with E-state index >= 15 is 0 Å². The van der Waals surface area contributed by atoms with E-state index in [1.165, 1.54) is 5.56 Å². The molecule has 2 amide bonds.